The van der Waals surface area contributed by atoms with Crippen molar-refractivity contribution >= 4 is 0 Å². The summed E-state index contributed by atoms with van der Waals surface area (Å²) in [6, 6.07) is 8.12. The molecule has 0 fully saturated rings. The average Bonchev–Trinajstić information content (AvgIpc) is 2.27. The molecule has 0 saturated carbocycles. The minimum absolute atomic E-state index is 0.0278. The van der Waals surface area contributed by atoms with Gasteiger partial charge < -0.3 is 10.5 Å². The third kappa shape index (κ3) is 1.53. The van der Waals surface area contributed by atoms with Crippen LogP contribution in [0.15, 0.2) is 36.9 Å². The Balaban J connectivity index is 2.35. The van der Waals surface area contributed by atoms with Crippen molar-refractivity contribution in [1.29, 1.82) is 0 Å². The van der Waals surface area contributed by atoms with Crippen molar-refractivity contribution in [3.05, 3.63) is 42.5 Å². The fraction of sp³-hybridized carbons (Fsp3) is 0.333. The molecule has 1 aliphatic heterocycles. The van der Waals surface area contributed by atoms with Crippen LogP contribution < -0.4 is 10.5 Å². The second kappa shape index (κ2) is 3.84. The standard InChI is InChI=1S/C12H15NO/c1-2-11(13)9-7-8-14-12-6-4-3-5-10(9)12/h2-6,9,11H,1,7-8,13H2. The first-order valence-electron chi connectivity index (χ1n) is 4.93. The molecular weight excluding hydrogens is 174 g/mol. The highest BCUT2D eigenvalue weighted by atomic mass is 16.5. The van der Waals surface area contributed by atoms with E-state index in [1.807, 2.05) is 24.3 Å². The number of hydrogen-bond acceptors (Lipinski definition) is 2. The minimum atomic E-state index is 0.0278. The number of fused-ring (bicyclic) bond motifs is 1. The second-order valence-corrected chi connectivity index (χ2v) is 3.59. The molecule has 1 aromatic carbocycles. The smallest absolute Gasteiger partial charge is 0.122 e. The molecule has 0 aliphatic carbocycles. The maximum absolute atomic E-state index is 5.99. The van der Waals surface area contributed by atoms with Crippen molar-refractivity contribution in [2.24, 2.45) is 5.73 Å². The molecule has 2 heteroatoms. The van der Waals surface area contributed by atoms with Gasteiger partial charge in [-0.05, 0) is 18.1 Å². The quantitative estimate of drug-likeness (QED) is 0.723. The van der Waals surface area contributed by atoms with Gasteiger partial charge in [0.25, 0.3) is 0 Å². The van der Waals surface area contributed by atoms with Gasteiger partial charge in [0.05, 0.1) is 6.61 Å². The summed E-state index contributed by atoms with van der Waals surface area (Å²) in [6.45, 7) is 4.50. The summed E-state index contributed by atoms with van der Waals surface area (Å²) in [5.74, 6) is 1.33. The lowest BCUT2D eigenvalue weighted by Crippen LogP contribution is -2.30. The van der Waals surface area contributed by atoms with E-state index in [2.05, 4.69) is 12.6 Å². The summed E-state index contributed by atoms with van der Waals surface area (Å²) in [4.78, 5) is 0. The molecule has 2 N–H and O–H groups in total. The van der Waals surface area contributed by atoms with Gasteiger partial charge in [-0.1, -0.05) is 24.3 Å². The zero-order valence-electron chi connectivity index (χ0n) is 8.15. The second-order valence-electron chi connectivity index (χ2n) is 3.59. The number of nitrogens with two attached hydrogens (primary N) is 1. The maximum Gasteiger partial charge on any atom is 0.122 e. The van der Waals surface area contributed by atoms with Crippen molar-refractivity contribution in [3.63, 3.8) is 0 Å². The van der Waals surface area contributed by atoms with Crippen LogP contribution in [0.1, 0.15) is 17.9 Å². The van der Waals surface area contributed by atoms with Crippen molar-refractivity contribution in [2.75, 3.05) is 6.61 Å². The molecule has 0 saturated heterocycles. The van der Waals surface area contributed by atoms with Gasteiger partial charge in [0, 0.05) is 12.0 Å². The van der Waals surface area contributed by atoms with Gasteiger partial charge in [0.1, 0.15) is 5.75 Å². The summed E-state index contributed by atoms with van der Waals surface area (Å²) in [5, 5.41) is 0. The summed E-state index contributed by atoms with van der Waals surface area (Å²) >= 11 is 0. The van der Waals surface area contributed by atoms with Gasteiger partial charge in [-0.15, -0.1) is 6.58 Å². The molecule has 2 atom stereocenters. The monoisotopic (exact) mass is 189 g/mol. The Morgan fingerprint density at radius 2 is 2.29 bits per heavy atom. The lowest BCUT2D eigenvalue weighted by atomic mass is 9.87. The number of ether oxygens (including phenoxy) is 1. The van der Waals surface area contributed by atoms with E-state index in [1.54, 1.807) is 0 Å². The number of para-hydroxylation sites is 1. The predicted octanol–water partition coefficient (Wildman–Crippen LogP) is 2.07. The van der Waals surface area contributed by atoms with Crippen LogP contribution in [0.5, 0.6) is 5.75 Å². The first kappa shape index (κ1) is 9.28. The molecule has 2 rings (SSSR count). The summed E-state index contributed by atoms with van der Waals surface area (Å²) in [5.41, 5.74) is 7.20. The fourth-order valence-electron chi connectivity index (χ4n) is 1.93. The molecule has 74 valence electrons. The van der Waals surface area contributed by atoms with E-state index in [1.165, 1.54) is 5.56 Å². The molecule has 0 bridgehead atoms. The van der Waals surface area contributed by atoms with Crippen LogP contribution in [0, 0.1) is 0 Å². The average molecular weight is 189 g/mol. The molecule has 1 aromatic rings. The van der Waals surface area contributed by atoms with E-state index in [-0.39, 0.29) is 6.04 Å². The topological polar surface area (TPSA) is 35.2 Å². The van der Waals surface area contributed by atoms with Crippen LogP contribution in [0.2, 0.25) is 0 Å². The fourth-order valence-corrected chi connectivity index (χ4v) is 1.93. The molecule has 2 unspecified atom stereocenters. The predicted molar refractivity (Wildman–Crippen MR) is 57.5 cm³/mol. The van der Waals surface area contributed by atoms with Crippen LogP contribution in [0.25, 0.3) is 0 Å². The maximum atomic E-state index is 5.99. The highest BCUT2D eigenvalue weighted by molar-refractivity contribution is 5.39. The zero-order valence-corrected chi connectivity index (χ0v) is 8.15. The largest absolute Gasteiger partial charge is 0.493 e. The van der Waals surface area contributed by atoms with E-state index >= 15 is 0 Å². The number of rotatable bonds is 2. The first-order valence-corrected chi connectivity index (χ1v) is 4.93. The van der Waals surface area contributed by atoms with Gasteiger partial charge >= 0.3 is 0 Å². The summed E-state index contributed by atoms with van der Waals surface area (Å²) < 4.78 is 5.56. The van der Waals surface area contributed by atoms with Crippen molar-refractivity contribution in [2.45, 2.75) is 18.4 Å². The first-order chi connectivity index (χ1) is 6.83. The van der Waals surface area contributed by atoms with E-state index < -0.39 is 0 Å². The van der Waals surface area contributed by atoms with Crippen LogP contribution in [0.3, 0.4) is 0 Å². The molecule has 1 heterocycles. The summed E-state index contributed by atoms with van der Waals surface area (Å²) in [7, 11) is 0. The van der Waals surface area contributed by atoms with Crippen molar-refractivity contribution in [3.8, 4) is 5.75 Å². The lowest BCUT2D eigenvalue weighted by molar-refractivity contribution is 0.261. The number of hydrogen-bond donors (Lipinski definition) is 1. The molecule has 0 spiro atoms. The molecule has 0 amide bonds. The Morgan fingerprint density at radius 3 is 3.07 bits per heavy atom. The Bertz CT molecular complexity index is 335. The van der Waals surface area contributed by atoms with Gasteiger partial charge in [-0.3, -0.25) is 0 Å². The SMILES string of the molecule is C=CC(N)C1CCOc2ccccc21. The Kier molecular flexibility index (Phi) is 2.55. The van der Waals surface area contributed by atoms with E-state index in [9.17, 15) is 0 Å². The Labute approximate surface area is 84.4 Å². The van der Waals surface area contributed by atoms with Crippen LogP contribution in [-0.2, 0) is 0 Å². The van der Waals surface area contributed by atoms with Gasteiger partial charge in [-0.2, -0.15) is 0 Å². The zero-order chi connectivity index (χ0) is 9.97. The highest BCUT2D eigenvalue weighted by Gasteiger charge is 2.24. The Hall–Kier alpha value is -1.28. The van der Waals surface area contributed by atoms with Crippen LogP contribution in [-0.4, -0.2) is 12.6 Å². The molecule has 1 aliphatic rings. The third-order valence-electron chi connectivity index (χ3n) is 2.74. The molecule has 2 nitrogen and oxygen atoms in total. The normalized spacial score (nSPS) is 21.9. The molecule has 0 radical (unpaired) electrons. The summed E-state index contributed by atoms with van der Waals surface area (Å²) in [6.07, 6.45) is 2.79. The van der Waals surface area contributed by atoms with Gasteiger partial charge in [0.2, 0.25) is 0 Å². The van der Waals surface area contributed by atoms with Crippen molar-refractivity contribution < 1.29 is 4.74 Å². The Morgan fingerprint density at radius 1 is 1.50 bits per heavy atom. The van der Waals surface area contributed by atoms with Crippen LogP contribution in [0.4, 0.5) is 0 Å². The van der Waals surface area contributed by atoms with E-state index in [0.29, 0.717) is 5.92 Å². The highest BCUT2D eigenvalue weighted by Crippen LogP contribution is 2.34. The lowest BCUT2D eigenvalue weighted by Gasteiger charge is -2.28. The van der Waals surface area contributed by atoms with Gasteiger partial charge in [-0.25, -0.2) is 0 Å². The van der Waals surface area contributed by atoms with E-state index in [0.717, 1.165) is 18.8 Å². The molecule has 14 heavy (non-hydrogen) atoms. The minimum Gasteiger partial charge on any atom is -0.493 e. The number of benzene rings is 1. The third-order valence-corrected chi connectivity index (χ3v) is 2.74. The van der Waals surface area contributed by atoms with Gasteiger partial charge in [0.15, 0.2) is 0 Å². The molecule has 0 aromatic heterocycles. The van der Waals surface area contributed by atoms with Crippen molar-refractivity contribution in [1.82, 2.24) is 0 Å². The van der Waals surface area contributed by atoms with E-state index in [4.69, 9.17) is 10.5 Å². The molecular formula is C12H15NO. The van der Waals surface area contributed by atoms with Crippen LogP contribution >= 0.6 is 0 Å².